The van der Waals surface area contributed by atoms with Crippen molar-refractivity contribution in [1.82, 2.24) is 9.71 Å². The SMILES string of the molecule is CN(/N=C/c1cc(F)ccc1C(=O)NS(C)(=O)=O)c1nc(-c2ccccc2Cl)cs1. The minimum absolute atomic E-state index is 0.0325. The number of anilines is 1. The van der Waals surface area contributed by atoms with Crippen LogP contribution >= 0.6 is 22.9 Å². The molecule has 0 bridgehead atoms. The van der Waals surface area contributed by atoms with Crippen molar-refractivity contribution in [2.75, 3.05) is 18.3 Å². The lowest BCUT2D eigenvalue weighted by atomic mass is 10.1. The summed E-state index contributed by atoms with van der Waals surface area (Å²) < 4.78 is 38.2. The van der Waals surface area contributed by atoms with Gasteiger partial charge in [-0.2, -0.15) is 5.10 Å². The molecule has 1 amide bonds. The molecular weight excluding hydrogens is 451 g/mol. The van der Waals surface area contributed by atoms with E-state index in [-0.39, 0.29) is 11.1 Å². The lowest BCUT2D eigenvalue weighted by Crippen LogP contribution is -2.30. The van der Waals surface area contributed by atoms with Gasteiger partial charge in [0.25, 0.3) is 5.91 Å². The molecule has 0 atom stereocenters. The Morgan fingerprint density at radius 2 is 2.03 bits per heavy atom. The van der Waals surface area contributed by atoms with E-state index in [1.807, 2.05) is 28.3 Å². The lowest BCUT2D eigenvalue weighted by molar-refractivity contribution is 0.0981. The van der Waals surface area contributed by atoms with Gasteiger partial charge in [0, 0.05) is 34.1 Å². The summed E-state index contributed by atoms with van der Waals surface area (Å²) in [5.74, 6) is -1.47. The molecule has 0 aliphatic heterocycles. The Kier molecular flexibility index (Phi) is 6.49. The van der Waals surface area contributed by atoms with E-state index in [9.17, 15) is 17.6 Å². The van der Waals surface area contributed by atoms with E-state index in [1.54, 1.807) is 13.1 Å². The van der Waals surface area contributed by atoms with Gasteiger partial charge in [-0.15, -0.1) is 11.3 Å². The average molecular weight is 467 g/mol. The number of nitrogens with zero attached hydrogens (tertiary/aromatic N) is 3. The van der Waals surface area contributed by atoms with Gasteiger partial charge >= 0.3 is 0 Å². The number of rotatable bonds is 6. The maximum atomic E-state index is 13.7. The van der Waals surface area contributed by atoms with Gasteiger partial charge in [-0.1, -0.05) is 29.8 Å². The fourth-order valence-corrected chi connectivity index (χ4v) is 3.90. The minimum Gasteiger partial charge on any atom is -0.268 e. The molecule has 0 aliphatic rings. The number of thiazole rings is 1. The van der Waals surface area contributed by atoms with Gasteiger partial charge in [-0.3, -0.25) is 4.79 Å². The topological polar surface area (TPSA) is 91.7 Å². The second-order valence-corrected chi connectivity index (χ2v) is 9.19. The molecule has 0 spiro atoms. The predicted molar refractivity (Wildman–Crippen MR) is 117 cm³/mol. The molecule has 7 nitrogen and oxygen atoms in total. The van der Waals surface area contributed by atoms with Crippen LogP contribution in [0.5, 0.6) is 0 Å². The van der Waals surface area contributed by atoms with Crippen molar-refractivity contribution in [3.8, 4) is 11.3 Å². The molecule has 3 rings (SSSR count). The zero-order chi connectivity index (χ0) is 21.9. The number of aromatic nitrogens is 1. The van der Waals surface area contributed by atoms with Crippen molar-refractivity contribution in [1.29, 1.82) is 0 Å². The molecule has 0 radical (unpaired) electrons. The molecule has 1 N–H and O–H groups in total. The van der Waals surface area contributed by atoms with E-state index in [1.165, 1.54) is 28.6 Å². The number of carbonyl (C=O) groups is 1. The number of halogens is 2. The quantitative estimate of drug-likeness (QED) is 0.441. The maximum absolute atomic E-state index is 13.7. The highest BCUT2D eigenvalue weighted by Crippen LogP contribution is 2.31. The number of hydrogen-bond donors (Lipinski definition) is 1. The van der Waals surface area contributed by atoms with Gasteiger partial charge in [0.1, 0.15) is 5.82 Å². The highest BCUT2D eigenvalue weighted by atomic mass is 35.5. The van der Waals surface area contributed by atoms with Crippen LogP contribution in [0.15, 0.2) is 52.9 Å². The third kappa shape index (κ3) is 5.41. The molecule has 1 aromatic heterocycles. The van der Waals surface area contributed by atoms with E-state index in [2.05, 4.69) is 10.1 Å². The molecule has 2 aromatic carbocycles. The van der Waals surface area contributed by atoms with Crippen molar-refractivity contribution in [3.05, 3.63) is 69.8 Å². The van der Waals surface area contributed by atoms with Crippen LogP contribution in [0.1, 0.15) is 15.9 Å². The van der Waals surface area contributed by atoms with E-state index < -0.39 is 21.7 Å². The summed E-state index contributed by atoms with van der Waals surface area (Å²) in [5.41, 5.74) is 1.55. The largest absolute Gasteiger partial charge is 0.268 e. The number of carbonyl (C=O) groups excluding carboxylic acids is 1. The lowest BCUT2D eigenvalue weighted by Gasteiger charge is -2.10. The summed E-state index contributed by atoms with van der Waals surface area (Å²) in [4.78, 5) is 16.7. The summed E-state index contributed by atoms with van der Waals surface area (Å²) in [6.45, 7) is 0. The molecule has 1 heterocycles. The molecule has 0 saturated heterocycles. The molecular formula is C19H16ClFN4O3S2. The summed E-state index contributed by atoms with van der Waals surface area (Å²) in [6.07, 6.45) is 2.12. The molecule has 156 valence electrons. The molecule has 30 heavy (non-hydrogen) atoms. The molecule has 0 aliphatic carbocycles. The normalized spacial score (nSPS) is 11.6. The molecule has 0 fully saturated rings. The Hall–Kier alpha value is -2.82. The highest BCUT2D eigenvalue weighted by Gasteiger charge is 2.16. The van der Waals surface area contributed by atoms with Crippen LogP contribution in [-0.2, 0) is 10.0 Å². The number of nitrogens with one attached hydrogen (secondary N) is 1. The summed E-state index contributed by atoms with van der Waals surface area (Å²) >= 11 is 7.53. The van der Waals surface area contributed by atoms with Crippen LogP contribution in [0.4, 0.5) is 9.52 Å². The summed E-state index contributed by atoms with van der Waals surface area (Å²) in [6, 6.07) is 10.6. The maximum Gasteiger partial charge on any atom is 0.265 e. The van der Waals surface area contributed by atoms with Crippen LogP contribution in [0.25, 0.3) is 11.3 Å². The van der Waals surface area contributed by atoms with Gasteiger partial charge in [0.2, 0.25) is 15.2 Å². The zero-order valence-electron chi connectivity index (χ0n) is 15.8. The minimum atomic E-state index is -3.77. The van der Waals surface area contributed by atoms with Crippen LogP contribution in [-0.4, -0.2) is 38.8 Å². The van der Waals surface area contributed by atoms with Gasteiger partial charge in [0.15, 0.2) is 0 Å². The van der Waals surface area contributed by atoms with Gasteiger partial charge < -0.3 is 0 Å². The Labute approximate surface area is 181 Å². The van der Waals surface area contributed by atoms with Crippen molar-refractivity contribution in [2.24, 2.45) is 5.10 Å². The van der Waals surface area contributed by atoms with E-state index in [0.29, 0.717) is 15.8 Å². The number of amides is 1. The second kappa shape index (κ2) is 8.90. The zero-order valence-corrected chi connectivity index (χ0v) is 18.2. The summed E-state index contributed by atoms with van der Waals surface area (Å²) in [7, 11) is -2.13. The highest BCUT2D eigenvalue weighted by molar-refractivity contribution is 7.89. The van der Waals surface area contributed by atoms with Crippen LogP contribution in [0.3, 0.4) is 0 Å². The van der Waals surface area contributed by atoms with E-state index in [0.717, 1.165) is 24.0 Å². The first kappa shape index (κ1) is 21.9. The number of hydrazone groups is 1. The Bertz CT molecular complexity index is 1230. The molecule has 3 aromatic rings. The molecule has 0 saturated carbocycles. The fraction of sp³-hybridized carbons (Fsp3) is 0.105. The number of sulfonamides is 1. The first-order chi connectivity index (χ1) is 14.1. The standard InChI is InChI=1S/C19H16ClFN4O3S2/c1-25(19-23-17(11-29-19)15-5-3-4-6-16(15)20)22-10-12-9-13(21)7-8-14(12)18(26)24-30(2,27)28/h3-11H,1-2H3,(H,24,26)/b22-10+. The first-order valence-corrected chi connectivity index (χ1v) is 11.6. The second-order valence-electron chi connectivity index (χ2n) is 6.20. The van der Waals surface area contributed by atoms with Crippen LogP contribution in [0.2, 0.25) is 5.02 Å². The van der Waals surface area contributed by atoms with Gasteiger partial charge in [-0.05, 0) is 24.3 Å². The van der Waals surface area contributed by atoms with Crippen molar-refractivity contribution in [3.63, 3.8) is 0 Å². The average Bonchev–Trinajstić information content (AvgIpc) is 3.15. The Balaban J connectivity index is 1.85. The smallest absolute Gasteiger partial charge is 0.265 e. The monoisotopic (exact) mass is 466 g/mol. The van der Waals surface area contributed by atoms with Gasteiger partial charge in [-0.25, -0.2) is 27.5 Å². The van der Waals surface area contributed by atoms with Crippen molar-refractivity contribution >= 4 is 50.2 Å². The predicted octanol–water partition coefficient (Wildman–Crippen LogP) is 3.76. The Morgan fingerprint density at radius 1 is 1.30 bits per heavy atom. The van der Waals surface area contributed by atoms with Crippen LogP contribution < -0.4 is 9.73 Å². The van der Waals surface area contributed by atoms with Gasteiger partial charge in [0.05, 0.1) is 18.2 Å². The molecule has 11 heteroatoms. The Morgan fingerprint density at radius 3 is 2.73 bits per heavy atom. The van der Waals surface area contributed by atoms with Crippen molar-refractivity contribution < 1.29 is 17.6 Å². The fourth-order valence-electron chi connectivity index (χ4n) is 2.47. The number of hydrogen-bond acceptors (Lipinski definition) is 7. The summed E-state index contributed by atoms with van der Waals surface area (Å²) in [5, 5.41) is 8.60. The third-order valence-electron chi connectivity index (χ3n) is 3.83. The first-order valence-electron chi connectivity index (χ1n) is 8.44. The van der Waals surface area contributed by atoms with Crippen molar-refractivity contribution in [2.45, 2.75) is 0 Å². The number of benzene rings is 2. The van der Waals surface area contributed by atoms with Crippen LogP contribution in [0, 0.1) is 5.82 Å². The van der Waals surface area contributed by atoms with E-state index >= 15 is 0 Å². The third-order valence-corrected chi connectivity index (χ3v) is 5.62. The van der Waals surface area contributed by atoms with E-state index in [4.69, 9.17) is 11.6 Å². The molecule has 0 unspecified atom stereocenters.